The van der Waals surface area contributed by atoms with Gasteiger partial charge in [0.2, 0.25) is 10.0 Å². The van der Waals surface area contributed by atoms with Crippen molar-refractivity contribution in [1.82, 2.24) is 14.5 Å². The van der Waals surface area contributed by atoms with E-state index in [4.69, 9.17) is 0 Å². The summed E-state index contributed by atoms with van der Waals surface area (Å²) in [6, 6.07) is 6.65. The van der Waals surface area contributed by atoms with Crippen LogP contribution in [-0.2, 0) is 10.0 Å². The quantitative estimate of drug-likeness (QED) is 0.820. The van der Waals surface area contributed by atoms with Gasteiger partial charge in [0.05, 0.1) is 4.90 Å². The average molecular weight is 416 g/mol. The topological polar surface area (TPSA) is 69.7 Å². The minimum atomic E-state index is -3.59. The first-order chi connectivity index (χ1) is 12.4. The van der Waals surface area contributed by atoms with Gasteiger partial charge in [-0.15, -0.1) is 12.4 Å². The maximum atomic E-state index is 13.0. The monoisotopic (exact) mass is 415 g/mol. The van der Waals surface area contributed by atoms with Gasteiger partial charge in [-0.2, -0.15) is 4.31 Å². The lowest BCUT2D eigenvalue weighted by Gasteiger charge is -2.34. The lowest BCUT2D eigenvalue weighted by atomic mass is 9.96. The van der Waals surface area contributed by atoms with Crippen LogP contribution in [0.4, 0.5) is 0 Å². The fraction of sp³-hybridized carbons (Fsp3) is 0.632. The first-order valence-corrected chi connectivity index (χ1v) is 10.9. The van der Waals surface area contributed by atoms with Crippen LogP contribution in [0.2, 0.25) is 0 Å². The Labute approximate surface area is 168 Å². The van der Waals surface area contributed by atoms with Crippen LogP contribution in [0, 0.1) is 0 Å². The van der Waals surface area contributed by atoms with E-state index in [1.54, 1.807) is 25.2 Å². The second-order valence-corrected chi connectivity index (χ2v) is 9.39. The Morgan fingerprint density at radius 1 is 1.22 bits per heavy atom. The Balaban J connectivity index is 0.00000261. The van der Waals surface area contributed by atoms with Gasteiger partial charge in [-0.1, -0.05) is 25.3 Å². The number of rotatable bonds is 4. The lowest BCUT2D eigenvalue weighted by Crippen LogP contribution is -2.52. The number of piperazine rings is 1. The normalized spacial score (nSPS) is 21.7. The summed E-state index contributed by atoms with van der Waals surface area (Å²) in [4.78, 5) is 14.9. The van der Waals surface area contributed by atoms with Crippen LogP contribution in [0.5, 0.6) is 0 Å². The third-order valence-corrected chi connectivity index (χ3v) is 7.52. The standard InChI is InChI=1S/C19H29N3O3S.ClH/c1-15-14-20-11-12-22(15)19(23)16-7-6-10-18(13-16)26(24,25)21(2)17-8-4-3-5-9-17;/h6-7,10,13,15,17,20H,3-5,8-9,11-12,14H2,1-2H3;1H. The maximum Gasteiger partial charge on any atom is 0.254 e. The molecule has 152 valence electrons. The summed E-state index contributed by atoms with van der Waals surface area (Å²) >= 11 is 0. The summed E-state index contributed by atoms with van der Waals surface area (Å²) in [6.07, 6.45) is 5.14. The molecular weight excluding hydrogens is 386 g/mol. The maximum absolute atomic E-state index is 13.0. The third-order valence-electron chi connectivity index (χ3n) is 5.61. The summed E-state index contributed by atoms with van der Waals surface area (Å²) < 4.78 is 27.6. The second kappa shape index (κ2) is 9.37. The highest BCUT2D eigenvalue weighted by molar-refractivity contribution is 7.89. The van der Waals surface area contributed by atoms with Gasteiger partial charge in [0.1, 0.15) is 0 Å². The average Bonchev–Trinajstić information content (AvgIpc) is 2.68. The Morgan fingerprint density at radius 3 is 2.59 bits per heavy atom. The number of nitrogens with one attached hydrogen (secondary N) is 1. The first kappa shape index (κ1) is 22.1. The molecule has 0 radical (unpaired) electrons. The highest BCUT2D eigenvalue weighted by atomic mass is 35.5. The molecule has 1 saturated carbocycles. The minimum Gasteiger partial charge on any atom is -0.333 e. The summed E-state index contributed by atoms with van der Waals surface area (Å²) in [5.74, 6) is -0.101. The number of amides is 1. The van der Waals surface area contributed by atoms with Crippen molar-refractivity contribution in [2.75, 3.05) is 26.7 Å². The van der Waals surface area contributed by atoms with Crippen LogP contribution >= 0.6 is 12.4 Å². The number of hydrogen-bond donors (Lipinski definition) is 1. The van der Waals surface area contributed by atoms with Crippen molar-refractivity contribution in [2.24, 2.45) is 0 Å². The van der Waals surface area contributed by atoms with E-state index in [0.717, 1.165) is 38.8 Å². The molecule has 1 aliphatic heterocycles. The van der Waals surface area contributed by atoms with Crippen molar-refractivity contribution < 1.29 is 13.2 Å². The van der Waals surface area contributed by atoms with Crippen molar-refractivity contribution in [1.29, 1.82) is 0 Å². The summed E-state index contributed by atoms with van der Waals surface area (Å²) in [7, 11) is -1.92. The molecule has 2 fully saturated rings. The summed E-state index contributed by atoms with van der Waals surface area (Å²) in [5, 5.41) is 3.26. The van der Waals surface area contributed by atoms with Crippen LogP contribution in [0.1, 0.15) is 49.4 Å². The molecule has 1 aromatic carbocycles. The zero-order valence-electron chi connectivity index (χ0n) is 16.1. The van der Waals surface area contributed by atoms with Gasteiger partial charge in [0.15, 0.2) is 0 Å². The largest absolute Gasteiger partial charge is 0.333 e. The van der Waals surface area contributed by atoms with E-state index < -0.39 is 10.0 Å². The van der Waals surface area contributed by atoms with Gasteiger partial charge in [0.25, 0.3) is 5.91 Å². The van der Waals surface area contributed by atoms with Gasteiger partial charge in [-0.3, -0.25) is 4.79 Å². The highest BCUT2D eigenvalue weighted by Gasteiger charge is 2.30. The Kier molecular flexibility index (Phi) is 7.68. The van der Waals surface area contributed by atoms with E-state index in [-0.39, 0.29) is 35.3 Å². The van der Waals surface area contributed by atoms with Crippen LogP contribution in [0.3, 0.4) is 0 Å². The number of benzene rings is 1. The molecular formula is C19H30ClN3O3S. The molecule has 2 aliphatic rings. The van der Waals surface area contributed by atoms with E-state index in [0.29, 0.717) is 12.1 Å². The van der Waals surface area contributed by atoms with E-state index in [2.05, 4.69) is 5.32 Å². The summed E-state index contributed by atoms with van der Waals surface area (Å²) in [5.41, 5.74) is 0.442. The minimum absolute atomic E-state index is 0. The SMILES string of the molecule is CC1CNCCN1C(=O)c1cccc(S(=O)(=O)N(C)C2CCCCC2)c1.Cl. The molecule has 0 aromatic heterocycles. The Morgan fingerprint density at radius 2 is 1.93 bits per heavy atom. The fourth-order valence-electron chi connectivity index (χ4n) is 3.91. The number of carbonyl (C=O) groups excluding carboxylic acids is 1. The van der Waals surface area contributed by atoms with Crippen molar-refractivity contribution in [3.05, 3.63) is 29.8 Å². The number of sulfonamides is 1. The molecule has 6 nitrogen and oxygen atoms in total. The Hall–Kier alpha value is -1.15. The van der Waals surface area contributed by atoms with Crippen molar-refractivity contribution >= 4 is 28.3 Å². The highest BCUT2D eigenvalue weighted by Crippen LogP contribution is 2.27. The molecule has 1 saturated heterocycles. The van der Waals surface area contributed by atoms with Gasteiger partial charge < -0.3 is 10.2 Å². The zero-order chi connectivity index (χ0) is 18.7. The van der Waals surface area contributed by atoms with E-state index in [1.165, 1.54) is 16.8 Å². The molecule has 1 aliphatic carbocycles. The van der Waals surface area contributed by atoms with Gasteiger partial charge >= 0.3 is 0 Å². The molecule has 1 heterocycles. The number of hydrogen-bond acceptors (Lipinski definition) is 4. The molecule has 1 aromatic rings. The molecule has 0 bridgehead atoms. The van der Waals surface area contributed by atoms with Crippen LogP contribution in [-0.4, -0.2) is 62.3 Å². The summed E-state index contributed by atoms with van der Waals surface area (Å²) in [6.45, 7) is 4.16. The van der Waals surface area contributed by atoms with Crippen LogP contribution in [0.15, 0.2) is 29.2 Å². The zero-order valence-corrected chi connectivity index (χ0v) is 17.7. The molecule has 1 amide bonds. The van der Waals surface area contributed by atoms with Gasteiger partial charge in [0, 0.05) is 44.3 Å². The fourth-order valence-corrected chi connectivity index (χ4v) is 5.37. The molecule has 27 heavy (non-hydrogen) atoms. The van der Waals surface area contributed by atoms with Crippen LogP contribution in [0.25, 0.3) is 0 Å². The van der Waals surface area contributed by atoms with Crippen LogP contribution < -0.4 is 5.32 Å². The third kappa shape index (κ3) is 4.83. The molecule has 8 heteroatoms. The molecule has 3 rings (SSSR count). The van der Waals surface area contributed by atoms with E-state index in [9.17, 15) is 13.2 Å². The second-order valence-electron chi connectivity index (χ2n) is 7.39. The van der Waals surface area contributed by atoms with Crippen molar-refractivity contribution in [3.63, 3.8) is 0 Å². The number of carbonyl (C=O) groups is 1. The predicted octanol–water partition coefficient (Wildman–Crippen LogP) is 2.50. The molecule has 0 spiro atoms. The van der Waals surface area contributed by atoms with Crippen molar-refractivity contribution in [3.8, 4) is 0 Å². The van der Waals surface area contributed by atoms with Crippen molar-refractivity contribution in [2.45, 2.75) is 56.0 Å². The molecule has 1 atom stereocenters. The number of nitrogens with zero attached hydrogens (tertiary/aromatic N) is 2. The molecule has 1 unspecified atom stereocenters. The first-order valence-electron chi connectivity index (χ1n) is 9.51. The lowest BCUT2D eigenvalue weighted by molar-refractivity contribution is 0.0655. The predicted molar refractivity (Wildman–Crippen MR) is 109 cm³/mol. The van der Waals surface area contributed by atoms with E-state index >= 15 is 0 Å². The van der Waals surface area contributed by atoms with Gasteiger partial charge in [-0.05, 0) is 38.0 Å². The van der Waals surface area contributed by atoms with Gasteiger partial charge in [-0.25, -0.2) is 8.42 Å². The number of halogens is 1. The Bertz CT molecular complexity index is 750. The smallest absolute Gasteiger partial charge is 0.254 e. The van der Waals surface area contributed by atoms with E-state index in [1.807, 2.05) is 11.8 Å². The molecule has 1 N–H and O–H groups in total.